The van der Waals surface area contributed by atoms with Crippen LogP contribution in [0.25, 0.3) is 23.2 Å². The van der Waals surface area contributed by atoms with E-state index in [1.54, 1.807) is 0 Å². The van der Waals surface area contributed by atoms with Crippen molar-refractivity contribution in [3.05, 3.63) is 64.5 Å². The van der Waals surface area contributed by atoms with Gasteiger partial charge in [0.25, 0.3) is 0 Å². The Kier molecular flexibility index (Phi) is 5.75. The highest BCUT2D eigenvalue weighted by Crippen LogP contribution is 2.23. The Bertz CT molecular complexity index is 982. The van der Waals surface area contributed by atoms with Gasteiger partial charge in [0, 0.05) is 13.0 Å². The molecule has 0 saturated carbocycles. The van der Waals surface area contributed by atoms with Crippen LogP contribution >= 0.6 is 0 Å². The largest absolute Gasteiger partial charge is 0.481 e. The normalized spacial score (nSPS) is 11.5. The summed E-state index contributed by atoms with van der Waals surface area (Å²) < 4.78 is 2.20. The zero-order valence-corrected chi connectivity index (χ0v) is 16.2. The van der Waals surface area contributed by atoms with Gasteiger partial charge in [-0.1, -0.05) is 35.9 Å². The molecule has 27 heavy (non-hydrogen) atoms. The molecule has 0 aliphatic rings. The third-order valence-corrected chi connectivity index (χ3v) is 4.92. The highest BCUT2D eigenvalue weighted by Gasteiger charge is 2.10. The van der Waals surface area contributed by atoms with E-state index in [0.717, 1.165) is 35.4 Å². The van der Waals surface area contributed by atoms with Crippen LogP contribution in [0.1, 0.15) is 47.3 Å². The first-order chi connectivity index (χ1) is 12.9. The zero-order chi connectivity index (χ0) is 19.4. The molecule has 0 fully saturated rings. The first-order valence-corrected chi connectivity index (χ1v) is 9.38. The summed E-state index contributed by atoms with van der Waals surface area (Å²) >= 11 is 0. The number of carboxylic acids is 1. The minimum Gasteiger partial charge on any atom is -0.481 e. The van der Waals surface area contributed by atoms with Crippen molar-refractivity contribution in [2.45, 2.75) is 46.6 Å². The van der Waals surface area contributed by atoms with E-state index >= 15 is 0 Å². The Morgan fingerprint density at radius 3 is 2.44 bits per heavy atom. The third kappa shape index (κ3) is 4.64. The Hall–Kier alpha value is -2.88. The van der Waals surface area contributed by atoms with Crippen LogP contribution in [0.15, 0.2) is 36.4 Å². The van der Waals surface area contributed by atoms with Gasteiger partial charge in [-0.3, -0.25) is 4.79 Å². The average molecular weight is 362 g/mol. The molecule has 3 aromatic rings. The fraction of sp³-hybridized carbons (Fsp3) is 0.304. The van der Waals surface area contributed by atoms with Crippen molar-refractivity contribution in [1.82, 2.24) is 9.55 Å². The second-order valence-corrected chi connectivity index (χ2v) is 7.14. The third-order valence-electron chi connectivity index (χ3n) is 4.92. The van der Waals surface area contributed by atoms with Crippen molar-refractivity contribution in [1.29, 1.82) is 0 Å². The summed E-state index contributed by atoms with van der Waals surface area (Å²) in [6.45, 7) is 7.05. The van der Waals surface area contributed by atoms with E-state index in [1.807, 2.05) is 6.08 Å². The minimum atomic E-state index is -0.739. The Labute approximate surface area is 160 Å². The lowest BCUT2D eigenvalue weighted by atomic mass is 10.1. The molecule has 4 nitrogen and oxygen atoms in total. The molecule has 0 atom stereocenters. The highest BCUT2D eigenvalue weighted by molar-refractivity contribution is 5.81. The molecule has 0 bridgehead atoms. The molecule has 0 radical (unpaired) electrons. The number of carboxylic acid groups (broad SMARTS) is 1. The molecule has 0 saturated heterocycles. The van der Waals surface area contributed by atoms with E-state index in [2.05, 4.69) is 67.8 Å². The lowest BCUT2D eigenvalue weighted by molar-refractivity contribution is -0.137. The van der Waals surface area contributed by atoms with Crippen molar-refractivity contribution >= 4 is 29.2 Å². The Morgan fingerprint density at radius 1 is 1.04 bits per heavy atom. The van der Waals surface area contributed by atoms with E-state index < -0.39 is 5.97 Å². The number of imidazole rings is 1. The number of hydrogen-bond acceptors (Lipinski definition) is 2. The fourth-order valence-electron chi connectivity index (χ4n) is 3.16. The molecule has 0 spiro atoms. The molecule has 0 aliphatic heterocycles. The van der Waals surface area contributed by atoms with Gasteiger partial charge < -0.3 is 9.67 Å². The van der Waals surface area contributed by atoms with E-state index in [-0.39, 0.29) is 6.42 Å². The van der Waals surface area contributed by atoms with Crippen molar-refractivity contribution in [2.24, 2.45) is 0 Å². The monoisotopic (exact) mass is 362 g/mol. The number of aliphatic carboxylic acids is 1. The summed E-state index contributed by atoms with van der Waals surface area (Å²) in [4.78, 5) is 15.6. The fourth-order valence-corrected chi connectivity index (χ4v) is 3.16. The van der Waals surface area contributed by atoms with Crippen LogP contribution < -0.4 is 0 Å². The van der Waals surface area contributed by atoms with E-state index in [4.69, 9.17) is 10.1 Å². The Morgan fingerprint density at radius 2 is 1.74 bits per heavy atom. The molecule has 0 unspecified atom stereocenters. The van der Waals surface area contributed by atoms with Gasteiger partial charge in [0.1, 0.15) is 5.82 Å². The second kappa shape index (κ2) is 8.21. The summed E-state index contributed by atoms with van der Waals surface area (Å²) in [6.07, 6.45) is 5.82. The number of aromatic nitrogens is 2. The molecule has 1 aromatic heterocycles. The van der Waals surface area contributed by atoms with E-state index in [9.17, 15) is 4.79 Å². The standard InChI is InChI=1S/C23H26N2O2/c1-16-7-9-19(10-8-16)11-12-22-24-20-14-17(2)18(3)15-21(20)25(22)13-5-4-6-23(26)27/h7-12,14-15H,4-6,13H2,1-3H3,(H,26,27)/b12-11+. The molecule has 1 heterocycles. The molecule has 4 heteroatoms. The van der Waals surface area contributed by atoms with Gasteiger partial charge in [0.05, 0.1) is 11.0 Å². The summed E-state index contributed by atoms with van der Waals surface area (Å²) in [5.41, 5.74) is 6.94. The van der Waals surface area contributed by atoms with Crippen LogP contribution in [0.5, 0.6) is 0 Å². The lowest BCUT2D eigenvalue weighted by Crippen LogP contribution is -2.02. The van der Waals surface area contributed by atoms with Gasteiger partial charge in [-0.15, -0.1) is 0 Å². The van der Waals surface area contributed by atoms with Gasteiger partial charge in [-0.05, 0) is 68.5 Å². The van der Waals surface area contributed by atoms with Crippen LogP contribution in [0.4, 0.5) is 0 Å². The molecule has 1 N–H and O–H groups in total. The van der Waals surface area contributed by atoms with Crippen LogP contribution in [0.3, 0.4) is 0 Å². The minimum absolute atomic E-state index is 0.208. The topological polar surface area (TPSA) is 55.1 Å². The summed E-state index contributed by atoms with van der Waals surface area (Å²) in [5.74, 6) is 0.169. The number of hydrogen-bond donors (Lipinski definition) is 1. The second-order valence-electron chi connectivity index (χ2n) is 7.14. The molecular weight excluding hydrogens is 336 g/mol. The predicted octanol–water partition coefficient (Wildman–Crippen LogP) is 5.39. The summed E-state index contributed by atoms with van der Waals surface area (Å²) in [6, 6.07) is 12.7. The SMILES string of the molecule is Cc1ccc(/C=C/c2nc3cc(C)c(C)cc3n2CCCCC(=O)O)cc1. The number of aryl methyl sites for hydroxylation is 4. The molecule has 140 valence electrons. The number of unbranched alkanes of at least 4 members (excludes halogenated alkanes) is 1. The lowest BCUT2D eigenvalue weighted by Gasteiger charge is -2.08. The first-order valence-electron chi connectivity index (χ1n) is 9.38. The number of rotatable bonds is 7. The quantitative estimate of drug-likeness (QED) is 0.574. The maximum Gasteiger partial charge on any atom is 0.303 e. The van der Waals surface area contributed by atoms with Gasteiger partial charge in [0.15, 0.2) is 0 Å². The molecule has 0 aliphatic carbocycles. The van der Waals surface area contributed by atoms with Crippen LogP contribution in [0, 0.1) is 20.8 Å². The van der Waals surface area contributed by atoms with Crippen LogP contribution in [-0.4, -0.2) is 20.6 Å². The Balaban J connectivity index is 1.92. The molecule has 2 aromatic carbocycles. The van der Waals surface area contributed by atoms with Gasteiger partial charge >= 0.3 is 5.97 Å². The predicted molar refractivity (Wildman–Crippen MR) is 111 cm³/mol. The first kappa shape index (κ1) is 18.9. The van der Waals surface area contributed by atoms with Gasteiger partial charge in [-0.25, -0.2) is 4.98 Å². The van der Waals surface area contributed by atoms with Crippen molar-refractivity contribution in [3.8, 4) is 0 Å². The molecular formula is C23H26N2O2. The number of benzene rings is 2. The average Bonchev–Trinajstić information content (AvgIpc) is 2.95. The van der Waals surface area contributed by atoms with E-state index in [0.29, 0.717) is 6.42 Å². The maximum atomic E-state index is 10.8. The highest BCUT2D eigenvalue weighted by atomic mass is 16.4. The number of nitrogens with zero attached hydrogens (tertiary/aromatic N) is 2. The van der Waals surface area contributed by atoms with Gasteiger partial charge in [-0.2, -0.15) is 0 Å². The van der Waals surface area contributed by atoms with Crippen LogP contribution in [0.2, 0.25) is 0 Å². The molecule has 0 amide bonds. The zero-order valence-electron chi connectivity index (χ0n) is 16.2. The van der Waals surface area contributed by atoms with Crippen molar-refractivity contribution in [3.63, 3.8) is 0 Å². The van der Waals surface area contributed by atoms with Crippen molar-refractivity contribution < 1.29 is 9.90 Å². The smallest absolute Gasteiger partial charge is 0.303 e. The number of carbonyl (C=O) groups is 1. The van der Waals surface area contributed by atoms with Crippen LogP contribution in [-0.2, 0) is 11.3 Å². The summed E-state index contributed by atoms with van der Waals surface area (Å²) in [5, 5.41) is 8.86. The van der Waals surface area contributed by atoms with Crippen molar-refractivity contribution in [2.75, 3.05) is 0 Å². The molecule has 3 rings (SSSR count). The van der Waals surface area contributed by atoms with E-state index in [1.165, 1.54) is 16.7 Å². The number of fused-ring (bicyclic) bond motifs is 1. The maximum absolute atomic E-state index is 10.8. The van der Waals surface area contributed by atoms with Gasteiger partial charge in [0.2, 0.25) is 0 Å². The summed E-state index contributed by atoms with van der Waals surface area (Å²) in [7, 11) is 0.